The van der Waals surface area contributed by atoms with Crippen LogP contribution in [0.5, 0.6) is 0 Å². The third kappa shape index (κ3) is 3.16. The topological polar surface area (TPSA) is 92.9 Å². The summed E-state index contributed by atoms with van der Waals surface area (Å²) < 4.78 is 3.48. The molecule has 0 bridgehead atoms. The van der Waals surface area contributed by atoms with Gasteiger partial charge in [0.25, 0.3) is 5.56 Å². The van der Waals surface area contributed by atoms with E-state index in [1.54, 1.807) is 19.4 Å². The number of piperidine rings is 1. The number of rotatable bonds is 3. The molecule has 0 spiro atoms. The third-order valence-corrected chi connectivity index (χ3v) is 5.47. The number of hydrogen-bond donors (Lipinski definition) is 1. The van der Waals surface area contributed by atoms with E-state index in [4.69, 9.17) is 5.73 Å². The number of anilines is 1. The highest BCUT2D eigenvalue weighted by Crippen LogP contribution is 2.29. The minimum Gasteiger partial charge on any atom is -0.356 e. The fourth-order valence-electron chi connectivity index (χ4n) is 4.04. The number of aryl methyl sites for hydroxylation is 1. The van der Waals surface area contributed by atoms with Gasteiger partial charge in [0.1, 0.15) is 11.3 Å². The Morgan fingerprint density at radius 3 is 2.89 bits per heavy atom. The third-order valence-electron chi connectivity index (χ3n) is 5.47. The summed E-state index contributed by atoms with van der Waals surface area (Å²) in [4.78, 5) is 19.6. The van der Waals surface area contributed by atoms with Crippen molar-refractivity contribution < 1.29 is 0 Å². The molecule has 2 N–H and O–H groups in total. The lowest BCUT2D eigenvalue weighted by Crippen LogP contribution is -2.52. The van der Waals surface area contributed by atoms with Gasteiger partial charge in [0.05, 0.1) is 30.0 Å². The molecule has 1 aliphatic rings. The number of hydrogen-bond acceptors (Lipinski definition) is 5. The van der Waals surface area contributed by atoms with Crippen LogP contribution in [-0.4, -0.2) is 32.7 Å². The van der Waals surface area contributed by atoms with E-state index in [1.165, 1.54) is 4.57 Å². The average Bonchev–Trinajstić information content (AvgIpc) is 3.03. The monoisotopic (exact) mass is 376 g/mol. The molecule has 28 heavy (non-hydrogen) atoms. The molecule has 1 atom stereocenters. The van der Waals surface area contributed by atoms with Gasteiger partial charge in [-0.25, -0.2) is 4.98 Å². The van der Waals surface area contributed by atoms with Crippen molar-refractivity contribution in [3.8, 4) is 6.07 Å². The molecule has 0 aliphatic carbocycles. The Morgan fingerprint density at radius 2 is 2.14 bits per heavy atom. The van der Waals surface area contributed by atoms with Crippen molar-refractivity contribution in [2.24, 2.45) is 12.8 Å². The lowest BCUT2D eigenvalue weighted by molar-refractivity contribution is 0.371. The Kier molecular flexibility index (Phi) is 4.44. The summed E-state index contributed by atoms with van der Waals surface area (Å²) in [7, 11) is 1.70. The van der Waals surface area contributed by atoms with Gasteiger partial charge in [-0.15, -0.1) is 0 Å². The molecule has 7 heteroatoms. The van der Waals surface area contributed by atoms with Crippen LogP contribution in [-0.2, 0) is 13.6 Å². The molecule has 4 rings (SSSR count). The largest absolute Gasteiger partial charge is 0.356 e. The van der Waals surface area contributed by atoms with Crippen molar-refractivity contribution >= 4 is 16.9 Å². The number of nitrogens with zero attached hydrogens (tertiary/aromatic N) is 5. The summed E-state index contributed by atoms with van der Waals surface area (Å²) in [6, 6.07) is 11.7. The first-order valence-electron chi connectivity index (χ1n) is 9.46. The molecule has 0 amide bonds. The van der Waals surface area contributed by atoms with Crippen LogP contribution in [0.3, 0.4) is 0 Å². The Hall–Kier alpha value is -3.11. The van der Waals surface area contributed by atoms with Gasteiger partial charge in [-0.05, 0) is 31.4 Å². The summed E-state index contributed by atoms with van der Waals surface area (Å²) in [6.07, 6.45) is 3.51. The molecule has 144 valence electrons. The SMILES string of the molecule is Cn1cnc2cc(N3CCC[C@@](C)(N)C3)n(Cc3ccccc3C#N)c2c1=O. The molecule has 1 fully saturated rings. The van der Waals surface area contributed by atoms with Gasteiger partial charge in [0.15, 0.2) is 0 Å². The van der Waals surface area contributed by atoms with Crippen LogP contribution in [0.15, 0.2) is 41.5 Å². The second-order valence-corrected chi connectivity index (χ2v) is 7.93. The maximum atomic E-state index is 12.9. The molecule has 3 aromatic rings. The second-order valence-electron chi connectivity index (χ2n) is 7.93. The smallest absolute Gasteiger partial charge is 0.277 e. The van der Waals surface area contributed by atoms with E-state index in [1.807, 2.05) is 28.8 Å². The highest BCUT2D eigenvalue weighted by molar-refractivity contribution is 5.81. The predicted molar refractivity (Wildman–Crippen MR) is 109 cm³/mol. The van der Waals surface area contributed by atoms with E-state index in [-0.39, 0.29) is 11.1 Å². The summed E-state index contributed by atoms with van der Waals surface area (Å²) in [5, 5.41) is 9.48. The zero-order valence-corrected chi connectivity index (χ0v) is 16.2. The number of benzene rings is 1. The summed E-state index contributed by atoms with van der Waals surface area (Å²) in [6.45, 7) is 4.09. The Bertz CT molecular complexity index is 1130. The van der Waals surface area contributed by atoms with Crippen LogP contribution >= 0.6 is 0 Å². The molecule has 3 heterocycles. The molecular formula is C21H24N6O. The van der Waals surface area contributed by atoms with Crippen molar-refractivity contribution in [1.82, 2.24) is 14.1 Å². The number of fused-ring (bicyclic) bond motifs is 1. The van der Waals surface area contributed by atoms with Crippen molar-refractivity contribution in [1.29, 1.82) is 5.26 Å². The summed E-state index contributed by atoms with van der Waals surface area (Å²) in [5.41, 5.74) is 8.76. The van der Waals surface area contributed by atoms with Gasteiger partial charge in [0.2, 0.25) is 0 Å². The Morgan fingerprint density at radius 1 is 1.36 bits per heavy atom. The lowest BCUT2D eigenvalue weighted by atomic mass is 9.92. The fraction of sp³-hybridized carbons (Fsp3) is 0.381. The number of nitrogens with two attached hydrogens (primary N) is 1. The molecule has 1 aromatic carbocycles. The van der Waals surface area contributed by atoms with Crippen molar-refractivity contribution in [3.63, 3.8) is 0 Å². The minimum atomic E-state index is -0.275. The van der Waals surface area contributed by atoms with E-state index in [2.05, 4.69) is 22.9 Å². The molecule has 2 aromatic heterocycles. The zero-order valence-electron chi connectivity index (χ0n) is 16.2. The van der Waals surface area contributed by atoms with Crippen LogP contribution in [0.1, 0.15) is 30.9 Å². The first kappa shape index (κ1) is 18.3. The molecule has 7 nitrogen and oxygen atoms in total. The van der Waals surface area contributed by atoms with E-state index in [9.17, 15) is 10.1 Å². The molecule has 0 unspecified atom stereocenters. The molecule has 0 radical (unpaired) electrons. The molecular weight excluding hydrogens is 352 g/mol. The van der Waals surface area contributed by atoms with E-state index >= 15 is 0 Å². The van der Waals surface area contributed by atoms with Crippen LogP contribution < -0.4 is 16.2 Å². The van der Waals surface area contributed by atoms with Gasteiger partial charge in [-0.2, -0.15) is 5.26 Å². The van der Waals surface area contributed by atoms with Crippen molar-refractivity contribution in [2.45, 2.75) is 31.8 Å². The van der Waals surface area contributed by atoms with Crippen molar-refractivity contribution in [3.05, 3.63) is 58.1 Å². The van der Waals surface area contributed by atoms with Crippen LogP contribution in [0.2, 0.25) is 0 Å². The van der Waals surface area contributed by atoms with Crippen LogP contribution in [0.25, 0.3) is 11.0 Å². The van der Waals surface area contributed by atoms with Gasteiger partial charge in [0, 0.05) is 31.7 Å². The normalized spacial score (nSPS) is 19.7. The van der Waals surface area contributed by atoms with Crippen molar-refractivity contribution in [2.75, 3.05) is 18.0 Å². The fourth-order valence-corrected chi connectivity index (χ4v) is 4.04. The first-order valence-corrected chi connectivity index (χ1v) is 9.46. The van der Waals surface area contributed by atoms with E-state index in [0.717, 1.165) is 30.8 Å². The highest BCUT2D eigenvalue weighted by atomic mass is 16.1. The summed E-state index contributed by atoms with van der Waals surface area (Å²) in [5.74, 6) is 0.926. The Labute approximate surface area is 163 Å². The summed E-state index contributed by atoms with van der Waals surface area (Å²) >= 11 is 0. The van der Waals surface area contributed by atoms with Gasteiger partial charge in [-0.1, -0.05) is 18.2 Å². The Balaban J connectivity index is 1.90. The molecule has 1 saturated heterocycles. The number of nitriles is 1. The molecule has 0 saturated carbocycles. The predicted octanol–water partition coefficient (Wildman–Crippen LogP) is 1.97. The quantitative estimate of drug-likeness (QED) is 0.754. The first-order chi connectivity index (χ1) is 13.4. The van der Waals surface area contributed by atoms with Crippen LogP contribution in [0, 0.1) is 11.3 Å². The van der Waals surface area contributed by atoms with Gasteiger partial charge < -0.3 is 19.8 Å². The molecule has 1 aliphatic heterocycles. The van der Waals surface area contributed by atoms with Gasteiger partial charge in [-0.3, -0.25) is 4.79 Å². The average molecular weight is 376 g/mol. The number of aromatic nitrogens is 3. The standard InChI is InChI=1S/C21H24N6O/c1-21(23)8-5-9-26(13-21)18-10-17-19(20(28)25(2)14-24-17)27(18)12-16-7-4-3-6-15(16)11-22/h3-4,6-7,10,14H,5,8-9,12-13,23H2,1-2H3/t21-/m1/s1. The zero-order chi connectivity index (χ0) is 19.9. The minimum absolute atomic E-state index is 0.0989. The van der Waals surface area contributed by atoms with E-state index in [0.29, 0.717) is 29.7 Å². The van der Waals surface area contributed by atoms with E-state index < -0.39 is 0 Å². The second kappa shape index (κ2) is 6.80. The maximum Gasteiger partial charge on any atom is 0.277 e. The highest BCUT2D eigenvalue weighted by Gasteiger charge is 2.29. The van der Waals surface area contributed by atoms with Gasteiger partial charge >= 0.3 is 0 Å². The maximum absolute atomic E-state index is 12.9. The lowest BCUT2D eigenvalue weighted by Gasteiger charge is -2.39. The van der Waals surface area contributed by atoms with Crippen LogP contribution in [0.4, 0.5) is 5.82 Å².